The Morgan fingerprint density at radius 3 is 2.95 bits per heavy atom. The number of aromatic nitrogens is 1. The normalized spacial score (nSPS) is 10.6. The van der Waals surface area contributed by atoms with E-state index in [1.165, 1.54) is 17.7 Å². The minimum absolute atomic E-state index is 0.493. The summed E-state index contributed by atoms with van der Waals surface area (Å²) in [5, 5.41) is 4.41. The van der Waals surface area contributed by atoms with Crippen LogP contribution in [0.4, 0.5) is 0 Å². The van der Waals surface area contributed by atoms with Crippen LogP contribution in [0.3, 0.4) is 0 Å². The molecule has 0 aliphatic rings. The zero-order chi connectivity index (χ0) is 14.9. The number of hydrogen-bond acceptors (Lipinski definition) is 5. The molecule has 0 saturated carbocycles. The van der Waals surface area contributed by atoms with Crippen molar-refractivity contribution in [3.05, 3.63) is 40.3 Å². The van der Waals surface area contributed by atoms with E-state index in [1.807, 2.05) is 30.5 Å². The topological polar surface area (TPSA) is 43.4 Å². The molecule has 0 aliphatic heterocycles. The van der Waals surface area contributed by atoms with E-state index in [1.54, 1.807) is 18.4 Å². The quantitative estimate of drug-likeness (QED) is 0.719. The van der Waals surface area contributed by atoms with Gasteiger partial charge >= 0.3 is 0 Å². The van der Waals surface area contributed by atoms with Gasteiger partial charge in [0, 0.05) is 23.7 Å². The van der Waals surface area contributed by atoms with Crippen molar-refractivity contribution in [3.8, 4) is 11.5 Å². The molecule has 0 spiro atoms. The predicted octanol–water partition coefficient (Wildman–Crippen LogP) is 3.62. The Morgan fingerprint density at radius 1 is 1.29 bits per heavy atom. The number of nitrogens with zero attached hydrogens (tertiary/aromatic N) is 1. The molecule has 5 heteroatoms. The Morgan fingerprint density at radius 2 is 2.14 bits per heavy atom. The Kier molecular flexibility index (Phi) is 6.50. The van der Waals surface area contributed by atoms with Gasteiger partial charge in [-0.3, -0.25) is 0 Å². The number of nitrogens with one attached hydrogen (secondary N) is 1. The minimum Gasteiger partial charge on any atom is -0.497 e. The van der Waals surface area contributed by atoms with E-state index in [2.05, 4.69) is 17.2 Å². The lowest BCUT2D eigenvalue weighted by molar-refractivity contribution is 0.303. The zero-order valence-corrected chi connectivity index (χ0v) is 13.4. The van der Waals surface area contributed by atoms with Crippen LogP contribution >= 0.6 is 11.3 Å². The number of methoxy groups -OCH3 is 1. The highest BCUT2D eigenvalue weighted by atomic mass is 32.1. The van der Waals surface area contributed by atoms with Gasteiger partial charge in [0.2, 0.25) is 0 Å². The van der Waals surface area contributed by atoms with Crippen molar-refractivity contribution < 1.29 is 9.47 Å². The summed E-state index contributed by atoms with van der Waals surface area (Å²) in [4.78, 5) is 5.64. The molecule has 114 valence electrons. The standard InChI is InChI=1S/C16H22N2O2S/c1-3-4-8-17-10-15-11-18-16(21-15)12-20-14-7-5-6-13(9-14)19-2/h5-7,9,11,17H,3-4,8,10,12H2,1-2H3. The molecule has 0 amide bonds. The lowest BCUT2D eigenvalue weighted by Gasteiger charge is -2.05. The van der Waals surface area contributed by atoms with E-state index >= 15 is 0 Å². The fraction of sp³-hybridized carbons (Fsp3) is 0.438. The molecule has 1 aromatic carbocycles. The molecule has 1 heterocycles. The average molecular weight is 306 g/mol. The van der Waals surface area contributed by atoms with Gasteiger partial charge in [0.1, 0.15) is 23.1 Å². The molecule has 4 nitrogen and oxygen atoms in total. The number of thiazole rings is 1. The highest BCUT2D eigenvalue weighted by Crippen LogP contribution is 2.21. The second kappa shape index (κ2) is 8.64. The molecule has 1 aromatic heterocycles. The lowest BCUT2D eigenvalue weighted by Crippen LogP contribution is -2.13. The molecule has 0 atom stereocenters. The first-order valence-corrected chi connectivity index (χ1v) is 8.04. The van der Waals surface area contributed by atoms with Crippen LogP contribution in [0.5, 0.6) is 11.5 Å². The largest absolute Gasteiger partial charge is 0.497 e. The van der Waals surface area contributed by atoms with Crippen molar-refractivity contribution in [1.82, 2.24) is 10.3 Å². The summed E-state index contributed by atoms with van der Waals surface area (Å²) < 4.78 is 10.9. The SMILES string of the molecule is CCCCNCc1cnc(COc2cccc(OC)c2)s1. The van der Waals surface area contributed by atoms with Crippen LogP contribution < -0.4 is 14.8 Å². The van der Waals surface area contributed by atoms with Crippen LogP contribution in [-0.4, -0.2) is 18.6 Å². The van der Waals surface area contributed by atoms with Gasteiger partial charge in [0.15, 0.2) is 0 Å². The molecule has 0 unspecified atom stereocenters. The van der Waals surface area contributed by atoms with E-state index < -0.39 is 0 Å². The number of benzene rings is 1. The molecule has 0 bridgehead atoms. The second-order valence-corrected chi connectivity index (χ2v) is 5.92. The van der Waals surface area contributed by atoms with Crippen LogP contribution in [0.15, 0.2) is 30.5 Å². The number of ether oxygens (including phenoxy) is 2. The van der Waals surface area contributed by atoms with Crippen LogP contribution in [0.25, 0.3) is 0 Å². The molecule has 2 rings (SSSR count). The van der Waals surface area contributed by atoms with Crippen molar-refractivity contribution >= 4 is 11.3 Å². The molecule has 0 saturated heterocycles. The van der Waals surface area contributed by atoms with Crippen molar-refractivity contribution in [2.45, 2.75) is 32.9 Å². The summed E-state index contributed by atoms with van der Waals surface area (Å²) in [6.07, 6.45) is 4.35. The Balaban J connectivity index is 1.79. The number of rotatable bonds is 9. The first kappa shape index (κ1) is 15.8. The summed E-state index contributed by atoms with van der Waals surface area (Å²) in [5.74, 6) is 1.60. The van der Waals surface area contributed by atoms with Crippen molar-refractivity contribution in [1.29, 1.82) is 0 Å². The van der Waals surface area contributed by atoms with Gasteiger partial charge in [-0.05, 0) is 25.1 Å². The fourth-order valence-corrected chi connectivity index (χ4v) is 2.65. The third kappa shape index (κ3) is 5.36. The van der Waals surface area contributed by atoms with Crippen LogP contribution in [0.1, 0.15) is 29.7 Å². The van der Waals surface area contributed by atoms with Crippen LogP contribution in [0, 0.1) is 0 Å². The van der Waals surface area contributed by atoms with Gasteiger partial charge in [0.25, 0.3) is 0 Å². The number of unbranched alkanes of at least 4 members (excludes halogenated alkanes) is 1. The molecular weight excluding hydrogens is 284 g/mol. The lowest BCUT2D eigenvalue weighted by atomic mass is 10.3. The number of hydrogen-bond donors (Lipinski definition) is 1. The fourth-order valence-electron chi connectivity index (χ4n) is 1.85. The van der Waals surface area contributed by atoms with E-state index in [9.17, 15) is 0 Å². The molecule has 0 fully saturated rings. The highest BCUT2D eigenvalue weighted by Gasteiger charge is 2.03. The molecule has 0 aliphatic carbocycles. The van der Waals surface area contributed by atoms with E-state index in [0.717, 1.165) is 29.6 Å². The summed E-state index contributed by atoms with van der Waals surface area (Å²) in [5.41, 5.74) is 0. The van der Waals surface area contributed by atoms with Crippen molar-refractivity contribution in [2.75, 3.05) is 13.7 Å². The van der Waals surface area contributed by atoms with Gasteiger partial charge in [-0.1, -0.05) is 19.4 Å². The van der Waals surface area contributed by atoms with Crippen LogP contribution in [-0.2, 0) is 13.2 Å². The van der Waals surface area contributed by atoms with E-state index in [-0.39, 0.29) is 0 Å². The third-order valence-electron chi connectivity index (χ3n) is 3.01. The molecular formula is C16H22N2O2S. The van der Waals surface area contributed by atoms with Crippen LogP contribution in [0.2, 0.25) is 0 Å². The van der Waals surface area contributed by atoms with E-state index in [0.29, 0.717) is 6.61 Å². The molecule has 21 heavy (non-hydrogen) atoms. The first-order chi connectivity index (χ1) is 10.3. The second-order valence-electron chi connectivity index (χ2n) is 4.72. The summed E-state index contributed by atoms with van der Waals surface area (Å²) in [7, 11) is 1.65. The predicted molar refractivity (Wildman–Crippen MR) is 86.1 cm³/mol. The molecule has 2 aromatic rings. The van der Waals surface area contributed by atoms with E-state index in [4.69, 9.17) is 9.47 Å². The van der Waals surface area contributed by atoms with Gasteiger partial charge in [-0.15, -0.1) is 11.3 Å². The summed E-state index contributed by atoms with van der Waals surface area (Å²) >= 11 is 1.69. The van der Waals surface area contributed by atoms with Crippen molar-refractivity contribution in [2.24, 2.45) is 0 Å². The zero-order valence-electron chi connectivity index (χ0n) is 12.6. The molecule has 1 N–H and O–H groups in total. The summed E-state index contributed by atoms with van der Waals surface area (Å²) in [6, 6.07) is 7.61. The monoisotopic (exact) mass is 306 g/mol. The van der Waals surface area contributed by atoms with Gasteiger partial charge in [-0.2, -0.15) is 0 Å². The Labute approximate surface area is 130 Å². The maximum Gasteiger partial charge on any atom is 0.140 e. The average Bonchev–Trinajstić information content (AvgIpc) is 2.98. The minimum atomic E-state index is 0.493. The summed E-state index contributed by atoms with van der Waals surface area (Å²) in [6.45, 7) is 4.63. The van der Waals surface area contributed by atoms with Gasteiger partial charge in [-0.25, -0.2) is 4.98 Å². The van der Waals surface area contributed by atoms with Gasteiger partial charge < -0.3 is 14.8 Å². The maximum atomic E-state index is 5.74. The Hall–Kier alpha value is -1.59. The van der Waals surface area contributed by atoms with Gasteiger partial charge in [0.05, 0.1) is 7.11 Å². The Bertz CT molecular complexity index is 543. The third-order valence-corrected chi connectivity index (χ3v) is 3.98. The van der Waals surface area contributed by atoms with Crippen molar-refractivity contribution in [3.63, 3.8) is 0 Å². The smallest absolute Gasteiger partial charge is 0.140 e. The maximum absolute atomic E-state index is 5.74. The molecule has 0 radical (unpaired) electrons. The highest BCUT2D eigenvalue weighted by molar-refractivity contribution is 7.11. The first-order valence-electron chi connectivity index (χ1n) is 7.23.